The second-order valence-electron chi connectivity index (χ2n) is 5.67. The molecule has 8 nitrogen and oxygen atoms in total. The van der Waals surface area contributed by atoms with Crippen LogP contribution in [0, 0.1) is 0 Å². The topological polar surface area (TPSA) is 91.7 Å². The highest BCUT2D eigenvalue weighted by Gasteiger charge is 2.22. The zero-order valence-electron chi connectivity index (χ0n) is 14.1. The first-order chi connectivity index (χ1) is 12.0. The molecule has 25 heavy (non-hydrogen) atoms. The number of hydrogen-bond donors (Lipinski definition) is 1. The molecule has 3 rings (SSSR count). The molecule has 0 amide bonds. The van der Waals surface area contributed by atoms with Crippen molar-refractivity contribution in [2.75, 3.05) is 32.2 Å². The molecule has 1 aromatic heterocycles. The molecule has 0 bridgehead atoms. The van der Waals surface area contributed by atoms with Gasteiger partial charge in [-0.1, -0.05) is 0 Å². The summed E-state index contributed by atoms with van der Waals surface area (Å²) in [4.78, 5) is 0.00756. The highest BCUT2D eigenvalue weighted by Crippen LogP contribution is 2.30. The van der Waals surface area contributed by atoms with Crippen LogP contribution >= 0.6 is 0 Å². The van der Waals surface area contributed by atoms with E-state index in [9.17, 15) is 8.42 Å². The van der Waals surface area contributed by atoms with E-state index in [1.54, 1.807) is 23.0 Å². The molecule has 0 saturated carbocycles. The van der Waals surface area contributed by atoms with Crippen LogP contribution in [-0.4, -0.2) is 45.6 Å². The highest BCUT2D eigenvalue weighted by molar-refractivity contribution is 7.92. The second-order valence-corrected chi connectivity index (χ2v) is 7.33. The van der Waals surface area contributed by atoms with Crippen molar-refractivity contribution in [3.05, 3.63) is 30.6 Å². The largest absolute Gasteiger partial charge is 0.497 e. The number of ether oxygens (including phenoxy) is 3. The monoisotopic (exact) mass is 367 g/mol. The number of sulfonamides is 1. The molecule has 0 atom stereocenters. The zero-order chi connectivity index (χ0) is 17.9. The molecule has 0 aliphatic carbocycles. The molecule has 1 N–H and O–H groups in total. The van der Waals surface area contributed by atoms with Crippen molar-refractivity contribution in [1.82, 2.24) is 9.78 Å². The third-order valence-corrected chi connectivity index (χ3v) is 5.48. The molecular weight excluding hydrogens is 346 g/mol. The smallest absolute Gasteiger partial charge is 0.265 e. The number of rotatable bonds is 6. The number of benzene rings is 1. The molecule has 1 aliphatic rings. The molecule has 1 aliphatic heterocycles. The minimum Gasteiger partial charge on any atom is -0.497 e. The molecular formula is C16H21N3O5S. The Balaban J connectivity index is 1.83. The van der Waals surface area contributed by atoms with Crippen molar-refractivity contribution in [3.8, 4) is 11.5 Å². The summed E-state index contributed by atoms with van der Waals surface area (Å²) in [6, 6.07) is 4.84. The summed E-state index contributed by atoms with van der Waals surface area (Å²) in [5, 5.41) is 4.27. The number of anilines is 1. The van der Waals surface area contributed by atoms with Crippen molar-refractivity contribution in [3.63, 3.8) is 0 Å². The fourth-order valence-electron chi connectivity index (χ4n) is 2.74. The van der Waals surface area contributed by atoms with Gasteiger partial charge in [-0.25, -0.2) is 8.42 Å². The van der Waals surface area contributed by atoms with Gasteiger partial charge in [0.05, 0.1) is 32.1 Å². The van der Waals surface area contributed by atoms with Crippen LogP contribution in [0.4, 0.5) is 5.69 Å². The number of nitrogens with one attached hydrogen (secondary N) is 1. The van der Waals surface area contributed by atoms with Gasteiger partial charge in [0.2, 0.25) is 0 Å². The van der Waals surface area contributed by atoms with Gasteiger partial charge in [-0.3, -0.25) is 9.40 Å². The Labute approximate surface area is 146 Å². The van der Waals surface area contributed by atoms with E-state index in [0.717, 1.165) is 12.8 Å². The van der Waals surface area contributed by atoms with Gasteiger partial charge in [0.15, 0.2) is 0 Å². The predicted molar refractivity (Wildman–Crippen MR) is 91.7 cm³/mol. The lowest BCUT2D eigenvalue weighted by Gasteiger charge is -2.22. The minimum absolute atomic E-state index is 0.00756. The van der Waals surface area contributed by atoms with Crippen molar-refractivity contribution >= 4 is 15.7 Å². The van der Waals surface area contributed by atoms with E-state index >= 15 is 0 Å². The maximum absolute atomic E-state index is 12.7. The Kier molecular flexibility index (Phi) is 5.14. The quantitative estimate of drug-likeness (QED) is 0.840. The van der Waals surface area contributed by atoms with Gasteiger partial charge >= 0.3 is 0 Å². The third-order valence-electron chi connectivity index (χ3n) is 4.08. The van der Waals surface area contributed by atoms with Crippen LogP contribution in [0.3, 0.4) is 0 Å². The van der Waals surface area contributed by atoms with Crippen molar-refractivity contribution in [1.29, 1.82) is 0 Å². The fraction of sp³-hybridized carbons (Fsp3) is 0.438. The molecule has 1 saturated heterocycles. The summed E-state index contributed by atoms with van der Waals surface area (Å²) in [6.45, 7) is 1.37. The number of nitrogens with zero attached hydrogens (tertiary/aromatic N) is 2. The Morgan fingerprint density at radius 2 is 2.00 bits per heavy atom. The minimum atomic E-state index is -3.84. The summed E-state index contributed by atoms with van der Waals surface area (Å²) >= 11 is 0. The van der Waals surface area contributed by atoms with Crippen LogP contribution in [0.5, 0.6) is 11.5 Å². The van der Waals surface area contributed by atoms with Crippen LogP contribution in [0.15, 0.2) is 35.5 Å². The zero-order valence-corrected chi connectivity index (χ0v) is 15.0. The lowest BCUT2D eigenvalue weighted by atomic mass is 10.1. The molecule has 2 aromatic rings. The van der Waals surface area contributed by atoms with Gasteiger partial charge in [-0.15, -0.1) is 0 Å². The van der Waals surface area contributed by atoms with Crippen LogP contribution in [-0.2, 0) is 14.8 Å². The summed E-state index contributed by atoms with van der Waals surface area (Å²) in [7, 11) is -0.943. The van der Waals surface area contributed by atoms with Gasteiger partial charge in [0.25, 0.3) is 10.0 Å². The Bertz CT molecular complexity index is 828. The van der Waals surface area contributed by atoms with E-state index < -0.39 is 10.0 Å². The molecule has 1 aromatic carbocycles. The standard InChI is InChI=1S/C16H21N3O5S/c1-22-14-3-4-15(23-2)16(9-14)25(20,21)18-12-10-17-19(11-12)13-5-7-24-8-6-13/h3-4,9-11,13,18H,5-8H2,1-2H3. The maximum Gasteiger partial charge on any atom is 0.265 e. The summed E-state index contributed by atoms with van der Waals surface area (Å²) < 4.78 is 45.4. The Morgan fingerprint density at radius 3 is 2.68 bits per heavy atom. The van der Waals surface area contributed by atoms with Crippen molar-refractivity contribution in [2.24, 2.45) is 0 Å². The summed E-state index contributed by atoms with van der Waals surface area (Å²) in [5.74, 6) is 0.671. The van der Waals surface area contributed by atoms with Crippen LogP contribution in [0.2, 0.25) is 0 Å². The van der Waals surface area contributed by atoms with E-state index in [2.05, 4.69) is 9.82 Å². The number of hydrogen-bond acceptors (Lipinski definition) is 6. The summed E-state index contributed by atoms with van der Waals surface area (Å²) in [5.41, 5.74) is 0.399. The lowest BCUT2D eigenvalue weighted by Crippen LogP contribution is -2.20. The average Bonchev–Trinajstić information content (AvgIpc) is 3.09. The van der Waals surface area contributed by atoms with Gasteiger partial charge < -0.3 is 14.2 Å². The number of methoxy groups -OCH3 is 2. The van der Waals surface area contributed by atoms with Gasteiger partial charge in [-0.2, -0.15) is 5.10 Å². The van der Waals surface area contributed by atoms with E-state index in [4.69, 9.17) is 14.2 Å². The predicted octanol–water partition coefficient (Wildman–Crippen LogP) is 2.05. The van der Waals surface area contributed by atoms with Crippen molar-refractivity contribution < 1.29 is 22.6 Å². The van der Waals surface area contributed by atoms with Crippen LogP contribution < -0.4 is 14.2 Å². The van der Waals surface area contributed by atoms with Crippen LogP contribution in [0.1, 0.15) is 18.9 Å². The van der Waals surface area contributed by atoms with E-state index in [-0.39, 0.29) is 16.7 Å². The molecule has 9 heteroatoms. The normalized spacial score (nSPS) is 15.8. The number of aromatic nitrogens is 2. The third kappa shape index (κ3) is 3.88. The Hall–Kier alpha value is -2.26. The van der Waals surface area contributed by atoms with E-state index in [0.29, 0.717) is 24.7 Å². The van der Waals surface area contributed by atoms with Gasteiger partial charge in [-0.05, 0) is 25.0 Å². The first-order valence-corrected chi connectivity index (χ1v) is 9.38. The fourth-order valence-corrected chi connectivity index (χ4v) is 3.96. The molecule has 1 fully saturated rings. The molecule has 0 spiro atoms. The van der Waals surface area contributed by atoms with Gasteiger partial charge in [0, 0.05) is 25.5 Å². The highest BCUT2D eigenvalue weighted by atomic mass is 32.2. The Morgan fingerprint density at radius 1 is 1.24 bits per heavy atom. The first-order valence-electron chi connectivity index (χ1n) is 7.90. The molecule has 136 valence electrons. The average molecular weight is 367 g/mol. The molecule has 0 unspecified atom stereocenters. The summed E-state index contributed by atoms with van der Waals surface area (Å²) in [6.07, 6.45) is 4.91. The molecule has 0 radical (unpaired) electrons. The molecule has 2 heterocycles. The van der Waals surface area contributed by atoms with Crippen molar-refractivity contribution in [2.45, 2.75) is 23.8 Å². The van der Waals surface area contributed by atoms with Crippen LogP contribution in [0.25, 0.3) is 0 Å². The second kappa shape index (κ2) is 7.32. The maximum atomic E-state index is 12.7. The SMILES string of the molecule is COc1ccc(OC)c(S(=O)(=O)Nc2cnn(C3CCOCC3)c2)c1. The first kappa shape index (κ1) is 17.6. The lowest BCUT2D eigenvalue weighted by molar-refractivity contribution is 0.0662. The van der Waals surface area contributed by atoms with Gasteiger partial charge in [0.1, 0.15) is 16.4 Å². The van der Waals surface area contributed by atoms with E-state index in [1.165, 1.54) is 26.5 Å². The van der Waals surface area contributed by atoms with E-state index in [1.807, 2.05) is 0 Å².